The molecule has 0 aliphatic carbocycles. The van der Waals surface area contributed by atoms with Gasteiger partial charge in [0.05, 0.1) is 31.3 Å². The van der Waals surface area contributed by atoms with Crippen LogP contribution in [0.2, 0.25) is 0 Å². The van der Waals surface area contributed by atoms with Gasteiger partial charge in [-0.25, -0.2) is 8.42 Å². The smallest absolute Gasteiger partial charge is 0.243 e. The first-order chi connectivity index (χ1) is 16.2. The lowest BCUT2D eigenvalue weighted by Gasteiger charge is -2.23. The van der Waals surface area contributed by atoms with Crippen LogP contribution >= 0.6 is 0 Å². The first-order valence-corrected chi connectivity index (χ1v) is 12.3. The zero-order valence-corrected chi connectivity index (χ0v) is 20.7. The van der Waals surface area contributed by atoms with E-state index in [0.29, 0.717) is 29.2 Å². The molecule has 1 N–H and O–H groups in total. The van der Waals surface area contributed by atoms with Crippen LogP contribution in [0.15, 0.2) is 71.6 Å². The normalized spacial score (nSPS) is 11.3. The standard InChI is InChI=1S/C26H30N2O5S/c1-19-10-11-20(2)25(16-19)34(30,31)28(15-14-21-8-6-5-7-9-21)18-26(29)27-23-13-12-22(32-3)17-24(23)33-4/h5-13,16-17H,14-15,18H2,1-4H3,(H,27,29). The number of aryl methyl sites for hydroxylation is 2. The number of methoxy groups -OCH3 is 2. The van der Waals surface area contributed by atoms with Gasteiger partial charge < -0.3 is 14.8 Å². The first-order valence-electron chi connectivity index (χ1n) is 10.9. The highest BCUT2D eigenvalue weighted by Gasteiger charge is 2.28. The molecule has 0 bridgehead atoms. The molecule has 3 rings (SSSR count). The van der Waals surface area contributed by atoms with Crippen molar-refractivity contribution >= 4 is 21.6 Å². The molecule has 3 aromatic carbocycles. The number of rotatable bonds is 10. The summed E-state index contributed by atoms with van der Waals surface area (Å²) in [5.74, 6) is 0.531. The molecule has 0 heterocycles. The van der Waals surface area contributed by atoms with Crippen molar-refractivity contribution in [3.05, 3.63) is 83.4 Å². The number of benzene rings is 3. The zero-order valence-electron chi connectivity index (χ0n) is 19.9. The van der Waals surface area contributed by atoms with Crippen LogP contribution in [0.4, 0.5) is 5.69 Å². The number of amides is 1. The maximum absolute atomic E-state index is 13.6. The molecular formula is C26H30N2O5S. The average Bonchev–Trinajstić information content (AvgIpc) is 2.83. The van der Waals surface area contributed by atoms with E-state index in [4.69, 9.17) is 9.47 Å². The first kappa shape index (κ1) is 25.3. The fourth-order valence-corrected chi connectivity index (χ4v) is 5.27. The van der Waals surface area contributed by atoms with Gasteiger partial charge in [0.15, 0.2) is 0 Å². The van der Waals surface area contributed by atoms with E-state index < -0.39 is 15.9 Å². The summed E-state index contributed by atoms with van der Waals surface area (Å²) < 4.78 is 39.0. The third-order valence-electron chi connectivity index (χ3n) is 5.46. The van der Waals surface area contributed by atoms with Crippen molar-refractivity contribution in [3.8, 4) is 11.5 Å². The Bertz CT molecular complexity index is 1240. The predicted octanol–water partition coefficient (Wildman–Crippen LogP) is 4.19. The molecule has 0 saturated heterocycles. The Morgan fingerprint density at radius 3 is 2.35 bits per heavy atom. The van der Waals surface area contributed by atoms with Crippen LogP contribution in [0.3, 0.4) is 0 Å². The molecule has 7 nitrogen and oxygen atoms in total. The van der Waals surface area contributed by atoms with E-state index in [-0.39, 0.29) is 18.0 Å². The maximum Gasteiger partial charge on any atom is 0.243 e. The van der Waals surface area contributed by atoms with Crippen molar-refractivity contribution in [1.29, 1.82) is 0 Å². The lowest BCUT2D eigenvalue weighted by Crippen LogP contribution is -2.39. The van der Waals surface area contributed by atoms with Gasteiger partial charge in [-0.05, 0) is 55.2 Å². The Balaban J connectivity index is 1.87. The molecule has 0 unspecified atom stereocenters. The number of anilines is 1. The van der Waals surface area contributed by atoms with Gasteiger partial charge in [-0.1, -0.05) is 42.5 Å². The summed E-state index contributed by atoms with van der Waals surface area (Å²) in [6.45, 7) is 3.42. The van der Waals surface area contributed by atoms with E-state index in [1.165, 1.54) is 18.5 Å². The largest absolute Gasteiger partial charge is 0.497 e. The van der Waals surface area contributed by atoms with Gasteiger partial charge in [0.25, 0.3) is 0 Å². The van der Waals surface area contributed by atoms with Gasteiger partial charge in [-0.2, -0.15) is 4.31 Å². The van der Waals surface area contributed by atoms with Gasteiger partial charge in [-0.15, -0.1) is 0 Å². The number of hydrogen-bond donors (Lipinski definition) is 1. The molecule has 8 heteroatoms. The van der Waals surface area contributed by atoms with Crippen molar-refractivity contribution in [3.63, 3.8) is 0 Å². The summed E-state index contributed by atoms with van der Waals surface area (Å²) in [4.78, 5) is 13.2. The Morgan fingerprint density at radius 2 is 1.68 bits per heavy atom. The van der Waals surface area contributed by atoms with Gasteiger partial charge in [0, 0.05) is 12.6 Å². The fourth-order valence-electron chi connectivity index (χ4n) is 3.56. The molecule has 0 spiro atoms. The van der Waals surface area contributed by atoms with Gasteiger partial charge in [-0.3, -0.25) is 4.79 Å². The molecule has 34 heavy (non-hydrogen) atoms. The Hall–Kier alpha value is -3.36. The van der Waals surface area contributed by atoms with Crippen LogP contribution in [0, 0.1) is 13.8 Å². The van der Waals surface area contributed by atoms with Crippen LogP contribution < -0.4 is 14.8 Å². The van der Waals surface area contributed by atoms with Gasteiger partial charge in [0.2, 0.25) is 15.9 Å². The molecule has 180 valence electrons. The van der Waals surface area contributed by atoms with Crippen LogP contribution in [0.25, 0.3) is 0 Å². The maximum atomic E-state index is 13.6. The molecule has 0 aliphatic heterocycles. The Morgan fingerprint density at radius 1 is 0.941 bits per heavy atom. The van der Waals surface area contributed by atoms with Crippen LogP contribution in [0.5, 0.6) is 11.5 Å². The Kier molecular flexibility index (Phi) is 8.31. The second kappa shape index (κ2) is 11.2. The summed E-state index contributed by atoms with van der Waals surface area (Å²) in [5.41, 5.74) is 2.88. The second-order valence-corrected chi connectivity index (χ2v) is 9.86. The third-order valence-corrected chi connectivity index (χ3v) is 7.44. The Labute approximate surface area is 201 Å². The van der Waals surface area contributed by atoms with E-state index in [1.807, 2.05) is 43.3 Å². The highest BCUT2D eigenvalue weighted by molar-refractivity contribution is 7.89. The van der Waals surface area contributed by atoms with Gasteiger partial charge in [0.1, 0.15) is 11.5 Å². The third kappa shape index (κ3) is 6.15. The highest BCUT2D eigenvalue weighted by Crippen LogP contribution is 2.29. The molecule has 0 aromatic heterocycles. The van der Waals surface area contributed by atoms with E-state index in [1.54, 1.807) is 37.3 Å². The summed E-state index contributed by atoms with van der Waals surface area (Å²) in [6, 6.07) is 19.9. The molecular weight excluding hydrogens is 452 g/mol. The number of carbonyl (C=O) groups excluding carboxylic acids is 1. The van der Waals surface area contributed by atoms with Crippen LogP contribution in [-0.2, 0) is 21.2 Å². The number of ether oxygens (including phenoxy) is 2. The number of nitrogens with zero attached hydrogens (tertiary/aromatic N) is 1. The van der Waals surface area contributed by atoms with E-state index in [0.717, 1.165) is 11.1 Å². The zero-order chi connectivity index (χ0) is 24.7. The van der Waals surface area contributed by atoms with E-state index in [2.05, 4.69) is 5.32 Å². The SMILES string of the molecule is COc1ccc(NC(=O)CN(CCc2ccccc2)S(=O)(=O)c2cc(C)ccc2C)c(OC)c1. The predicted molar refractivity (Wildman–Crippen MR) is 133 cm³/mol. The van der Waals surface area contributed by atoms with Crippen molar-refractivity contribution in [2.75, 3.05) is 32.6 Å². The quantitative estimate of drug-likeness (QED) is 0.468. The molecule has 0 saturated carbocycles. The second-order valence-electron chi connectivity index (χ2n) is 7.96. The summed E-state index contributed by atoms with van der Waals surface area (Å²) in [6.07, 6.45) is 0.476. The van der Waals surface area contributed by atoms with Crippen molar-refractivity contribution in [2.24, 2.45) is 0 Å². The lowest BCUT2D eigenvalue weighted by atomic mass is 10.1. The number of hydrogen-bond acceptors (Lipinski definition) is 5. The number of carbonyl (C=O) groups is 1. The summed E-state index contributed by atoms with van der Waals surface area (Å²) in [7, 11) is -0.892. The lowest BCUT2D eigenvalue weighted by molar-refractivity contribution is -0.116. The minimum atomic E-state index is -3.92. The number of nitrogens with one attached hydrogen (secondary N) is 1. The summed E-state index contributed by atoms with van der Waals surface area (Å²) in [5, 5.41) is 2.77. The van der Waals surface area contributed by atoms with Crippen LogP contribution in [-0.4, -0.2) is 45.9 Å². The van der Waals surface area contributed by atoms with Gasteiger partial charge >= 0.3 is 0 Å². The monoisotopic (exact) mass is 482 g/mol. The summed E-state index contributed by atoms with van der Waals surface area (Å²) >= 11 is 0. The average molecular weight is 483 g/mol. The van der Waals surface area contributed by atoms with Crippen LogP contribution in [0.1, 0.15) is 16.7 Å². The molecule has 0 radical (unpaired) electrons. The van der Waals surface area contributed by atoms with Crippen molar-refractivity contribution in [2.45, 2.75) is 25.2 Å². The highest BCUT2D eigenvalue weighted by atomic mass is 32.2. The van der Waals surface area contributed by atoms with E-state index in [9.17, 15) is 13.2 Å². The molecule has 1 amide bonds. The number of sulfonamides is 1. The molecule has 0 atom stereocenters. The van der Waals surface area contributed by atoms with E-state index >= 15 is 0 Å². The fraction of sp³-hybridized carbons (Fsp3) is 0.269. The minimum Gasteiger partial charge on any atom is -0.497 e. The molecule has 0 aliphatic rings. The van der Waals surface area contributed by atoms with Crippen molar-refractivity contribution < 1.29 is 22.7 Å². The van der Waals surface area contributed by atoms with Crippen molar-refractivity contribution in [1.82, 2.24) is 4.31 Å². The topological polar surface area (TPSA) is 84.9 Å². The minimum absolute atomic E-state index is 0.160. The molecule has 0 fully saturated rings. The molecule has 3 aromatic rings.